The molecule has 24 heavy (non-hydrogen) atoms. The van der Waals surface area contributed by atoms with Crippen LogP contribution in [0.25, 0.3) is 0 Å². The van der Waals surface area contributed by atoms with E-state index < -0.39 is 0 Å². The second-order valence-electron chi connectivity index (χ2n) is 6.01. The molecule has 0 saturated carbocycles. The Morgan fingerprint density at radius 3 is 2.29 bits per heavy atom. The molecule has 1 aliphatic heterocycles. The van der Waals surface area contributed by atoms with Gasteiger partial charge in [0.2, 0.25) is 5.91 Å². The number of benzene rings is 2. The summed E-state index contributed by atoms with van der Waals surface area (Å²) in [6, 6.07) is 17.3. The van der Waals surface area contributed by atoms with Crippen molar-refractivity contribution in [1.29, 1.82) is 0 Å². The summed E-state index contributed by atoms with van der Waals surface area (Å²) in [7, 11) is 0. The van der Waals surface area contributed by atoms with Gasteiger partial charge in [-0.1, -0.05) is 41.9 Å². The number of halogens is 1. The summed E-state index contributed by atoms with van der Waals surface area (Å²) in [5, 5.41) is 3.75. The maximum Gasteiger partial charge on any atom is 0.241 e. The number of hydrogen-bond acceptors (Lipinski definition) is 3. The molecule has 1 fully saturated rings. The maximum atomic E-state index is 12.4. The van der Waals surface area contributed by atoms with Crippen LogP contribution in [0, 0.1) is 0 Å². The van der Waals surface area contributed by atoms with E-state index in [4.69, 9.17) is 11.6 Å². The van der Waals surface area contributed by atoms with Crippen LogP contribution < -0.4 is 10.2 Å². The van der Waals surface area contributed by atoms with Gasteiger partial charge in [0, 0.05) is 31.9 Å². The molecule has 0 aliphatic carbocycles. The van der Waals surface area contributed by atoms with Crippen molar-refractivity contribution >= 4 is 28.9 Å². The first kappa shape index (κ1) is 16.8. The number of nitrogens with one attached hydrogen (secondary N) is 1. The Bertz CT molecular complexity index is 684. The van der Waals surface area contributed by atoms with Crippen molar-refractivity contribution in [1.82, 2.24) is 4.90 Å². The van der Waals surface area contributed by atoms with Gasteiger partial charge in [-0.25, -0.2) is 0 Å². The zero-order valence-electron chi connectivity index (χ0n) is 13.8. The van der Waals surface area contributed by atoms with Crippen LogP contribution in [0.1, 0.15) is 6.92 Å². The number of rotatable bonds is 4. The fraction of sp³-hybridized carbons (Fsp3) is 0.316. The third-order valence-electron chi connectivity index (χ3n) is 4.48. The van der Waals surface area contributed by atoms with Gasteiger partial charge in [-0.05, 0) is 31.2 Å². The van der Waals surface area contributed by atoms with E-state index in [0.717, 1.165) is 42.6 Å². The molecule has 2 aromatic rings. The Kier molecular flexibility index (Phi) is 5.38. The molecule has 0 unspecified atom stereocenters. The van der Waals surface area contributed by atoms with Crippen molar-refractivity contribution in [2.24, 2.45) is 0 Å². The van der Waals surface area contributed by atoms with Crippen LogP contribution in [0.15, 0.2) is 54.6 Å². The van der Waals surface area contributed by atoms with Crippen molar-refractivity contribution in [3.05, 3.63) is 59.6 Å². The molecule has 0 aromatic heterocycles. The van der Waals surface area contributed by atoms with E-state index in [-0.39, 0.29) is 11.9 Å². The van der Waals surface area contributed by atoms with E-state index in [2.05, 4.69) is 15.1 Å². The third kappa shape index (κ3) is 3.89. The first-order chi connectivity index (χ1) is 11.6. The number of hydrogen-bond donors (Lipinski definition) is 1. The van der Waals surface area contributed by atoms with Crippen LogP contribution in [-0.4, -0.2) is 43.0 Å². The number of anilines is 2. The highest BCUT2D eigenvalue weighted by molar-refractivity contribution is 6.33. The van der Waals surface area contributed by atoms with Crippen molar-refractivity contribution < 1.29 is 4.79 Å². The lowest BCUT2D eigenvalue weighted by atomic mass is 10.2. The van der Waals surface area contributed by atoms with Crippen LogP contribution in [0.2, 0.25) is 5.02 Å². The summed E-state index contributed by atoms with van der Waals surface area (Å²) >= 11 is 6.28. The Morgan fingerprint density at radius 2 is 1.62 bits per heavy atom. The predicted octanol–water partition coefficient (Wildman–Crippen LogP) is 3.49. The number of amides is 1. The molecule has 0 radical (unpaired) electrons. The summed E-state index contributed by atoms with van der Waals surface area (Å²) in [4.78, 5) is 16.9. The Labute approximate surface area is 148 Å². The minimum Gasteiger partial charge on any atom is -0.368 e. The molecular weight excluding hydrogens is 322 g/mol. The number of carbonyl (C=O) groups excluding carboxylic acids is 1. The topological polar surface area (TPSA) is 35.6 Å². The van der Waals surface area contributed by atoms with Crippen LogP contribution in [0.4, 0.5) is 11.4 Å². The van der Waals surface area contributed by atoms with Crippen LogP contribution in [0.5, 0.6) is 0 Å². The van der Waals surface area contributed by atoms with Gasteiger partial charge in [0.1, 0.15) is 0 Å². The molecule has 1 saturated heterocycles. The van der Waals surface area contributed by atoms with E-state index in [1.165, 1.54) is 0 Å². The van der Waals surface area contributed by atoms with E-state index >= 15 is 0 Å². The molecule has 0 bridgehead atoms. The molecule has 126 valence electrons. The van der Waals surface area contributed by atoms with Gasteiger partial charge in [0.05, 0.1) is 16.8 Å². The number of nitrogens with zero attached hydrogens (tertiary/aromatic N) is 2. The van der Waals surface area contributed by atoms with Crippen LogP contribution >= 0.6 is 11.6 Å². The van der Waals surface area contributed by atoms with Gasteiger partial charge in [0.15, 0.2) is 0 Å². The van der Waals surface area contributed by atoms with Crippen molar-refractivity contribution in [2.75, 3.05) is 36.4 Å². The Morgan fingerprint density at radius 1 is 1.00 bits per heavy atom. The molecule has 1 aliphatic rings. The lowest BCUT2D eigenvalue weighted by molar-refractivity contribution is -0.120. The van der Waals surface area contributed by atoms with Crippen molar-refractivity contribution in [3.8, 4) is 0 Å². The molecule has 1 amide bonds. The summed E-state index contributed by atoms with van der Waals surface area (Å²) in [6.07, 6.45) is 0. The number of piperazine rings is 1. The summed E-state index contributed by atoms with van der Waals surface area (Å²) in [5.74, 6) is 0.0346. The molecule has 1 heterocycles. The second kappa shape index (κ2) is 7.69. The summed E-state index contributed by atoms with van der Waals surface area (Å²) in [5.41, 5.74) is 1.91. The molecule has 0 spiro atoms. The minimum absolute atomic E-state index is 0.0346. The summed E-state index contributed by atoms with van der Waals surface area (Å²) in [6.45, 7) is 5.38. The van der Waals surface area contributed by atoms with Gasteiger partial charge in [-0.3, -0.25) is 9.69 Å². The van der Waals surface area contributed by atoms with Gasteiger partial charge in [-0.2, -0.15) is 0 Å². The lowest BCUT2D eigenvalue weighted by Gasteiger charge is -2.38. The lowest BCUT2D eigenvalue weighted by Crippen LogP contribution is -2.52. The van der Waals surface area contributed by atoms with E-state index in [9.17, 15) is 4.79 Å². The zero-order chi connectivity index (χ0) is 16.9. The van der Waals surface area contributed by atoms with E-state index in [0.29, 0.717) is 0 Å². The molecule has 4 nitrogen and oxygen atoms in total. The Hall–Kier alpha value is -2.04. The first-order valence-electron chi connectivity index (χ1n) is 8.24. The number of para-hydroxylation sites is 2. The summed E-state index contributed by atoms with van der Waals surface area (Å²) < 4.78 is 0. The fourth-order valence-electron chi connectivity index (χ4n) is 2.99. The standard InChI is InChI=1S/C19H22ClN3O/c1-15(19(24)21-16-7-3-2-4-8-16)22-11-13-23(14-12-22)18-10-6-5-9-17(18)20/h2-10,15H,11-14H2,1H3,(H,21,24)/t15-/m0/s1. The van der Waals surface area contributed by atoms with Gasteiger partial charge in [-0.15, -0.1) is 0 Å². The maximum absolute atomic E-state index is 12.4. The molecule has 5 heteroatoms. The van der Waals surface area contributed by atoms with Crippen molar-refractivity contribution in [3.63, 3.8) is 0 Å². The first-order valence-corrected chi connectivity index (χ1v) is 8.62. The zero-order valence-corrected chi connectivity index (χ0v) is 14.5. The highest BCUT2D eigenvalue weighted by Crippen LogP contribution is 2.26. The predicted molar refractivity (Wildman–Crippen MR) is 99.8 cm³/mol. The minimum atomic E-state index is -0.154. The molecule has 2 aromatic carbocycles. The quantitative estimate of drug-likeness (QED) is 0.923. The molecular formula is C19H22ClN3O. The van der Waals surface area contributed by atoms with Gasteiger partial charge < -0.3 is 10.2 Å². The van der Waals surface area contributed by atoms with Crippen LogP contribution in [-0.2, 0) is 4.79 Å². The average Bonchev–Trinajstić information content (AvgIpc) is 2.62. The normalized spacial score (nSPS) is 16.7. The van der Waals surface area contributed by atoms with Gasteiger partial charge >= 0.3 is 0 Å². The monoisotopic (exact) mass is 343 g/mol. The molecule has 1 atom stereocenters. The van der Waals surface area contributed by atoms with Crippen molar-refractivity contribution in [2.45, 2.75) is 13.0 Å². The smallest absolute Gasteiger partial charge is 0.241 e. The van der Waals surface area contributed by atoms with E-state index in [1.807, 2.05) is 61.5 Å². The fourth-order valence-corrected chi connectivity index (χ4v) is 3.25. The van der Waals surface area contributed by atoms with Crippen LogP contribution in [0.3, 0.4) is 0 Å². The highest BCUT2D eigenvalue weighted by Gasteiger charge is 2.26. The SMILES string of the molecule is C[C@@H](C(=O)Nc1ccccc1)N1CCN(c2ccccc2Cl)CC1. The highest BCUT2D eigenvalue weighted by atomic mass is 35.5. The molecule has 3 rings (SSSR count). The largest absolute Gasteiger partial charge is 0.368 e. The van der Waals surface area contributed by atoms with Gasteiger partial charge in [0.25, 0.3) is 0 Å². The third-order valence-corrected chi connectivity index (χ3v) is 4.80. The molecule has 1 N–H and O–H groups in total. The van der Waals surface area contributed by atoms with E-state index in [1.54, 1.807) is 0 Å². The number of carbonyl (C=O) groups is 1. The Balaban J connectivity index is 1.56. The second-order valence-corrected chi connectivity index (χ2v) is 6.41. The average molecular weight is 344 g/mol.